The quantitative estimate of drug-likeness (QED) is 0.359. The Labute approximate surface area is 102 Å². The van der Waals surface area contributed by atoms with E-state index in [0.717, 1.165) is 0 Å². The van der Waals surface area contributed by atoms with Gasteiger partial charge in [-0.1, -0.05) is 19.9 Å². The van der Waals surface area contributed by atoms with Crippen molar-refractivity contribution in [3.8, 4) is 0 Å². The number of hydrogen-bond acceptors (Lipinski definition) is 0. The van der Waals surface area contributed by atoms with Gasteiger partial charge in [0.25, 0.3) is 0 Å². The predicted octanol–water partition coefficient (Wildman–Crippen LogP) is -0.728. The maximum atomic E-state index is 2.12. The molecule has 0 N–H and O–H groups in total. The molecule has 0 bridgehead atoms. The molecule has 0 fully saturated rings. The number of halogens is 1. The third-order valence-electron chi connectivity index (χ3n) is 1.35. The Morgan fingerprint density at radius 1 is 1.00 bits per heavy atom. The standard InChI is InChI=1S/C9H11.HI.Mg/c1-8(2)9-6-4-3-5-7-9;;/h3-7H,1-2H3;1H;/q-1;;+2/p-1. The van der Waals surface area contributed by atoms with E-state index < -0.39 is 0 Å². The van der Waals surface area contributed by atoms with Gasteiger partial charge < -0.3 is 24.0 Å². The molecule has 0 aliphatic carbocycles. The van der Waals surface area contributed by atoms with Gasteiger partial charge in [-0.2, -0.15) is 23.6 Å². The van der Waals surface area contributed by atoms with Crippen molar-refractivity contribution >= 4 is 23.1 Å². The number of hydrogen-bond donors (Lipinski definition) is 0. The molecule has 0 unspecified atom stereocenters. The van der Waals surface area contributed by atoms with E-state index in [1.54, 1.807) is 0 Å². The zero-order chi connectivity index (χ0) is 6.69. The zero-order valence-electron chi connectivity index (χ0n) is 6.97. The molecule has 0 atom stereocenters. The van der Waals surface area contributed by atoms with Crippen LogP contribution in [0.25, 0.3) is 0 Å². The Morgan fingerprint density at radius 3 is 1.73 bits per heavy atom. The second-order valence-corrected chi connectivity index (χ2v) is 2.37. The van der Waals surface area contributed by atoms with Crippen molar-refractivity contribution in [3.05, 3.63) is 41.8 Å². The Balaban J connectivity index is 0. The van der Waals surface area contributed by atoms with Crippen LogP contribution < -0.4 is 24.0 Å². The Morgan fingerprint density at radius 2 is 1.45 bits per heavy atom. The van der Waals surface area contributed by atoms with Gasteiger partial charge in [-0.15, -0.1) is 12.1 Å². The third kappa shape index (κ3) is 4.93. The van der Waals surface area contributed by atoms with Crippen LogP contribution in [0.3, 0.4) is 0 Å². The molecule has 11 heavy (non-hydrogen) atoms. The maximum absolute atomic E-state index is 2.12. The van der Waals surface area contributed by atoms with Crippen molar-refractivity contribution in [3.63, 3.8) is 0 Å². The van der Waals surface area contributed by atoms with Crippen LogP contribution in [-0.2, 0) is 0 Å². The van der Waals surface area contributed by atoms with Gasteiger partial charge in [-0.05, 0) is 0 Å². The monoisotopic (exact) mass is 270 g/mol. The predicted molar refractivity (Wildman–Crippen MR) is 45.9 cm³/mol. The third-order valence-corrected chi connectivity index (χ3v) is 1.35. The minimum Gasteiger partial charge on any atom is -1.00 e. The van der Waals surface area contributed by atoms with E-state index in [1.165, 1.54) is 11.5 Å². The van der Waals surface area contributed by atoms with Crippen molar-refractivity contribution in [1.29, 1.82) is 0 Å². The summed E-state index contributed by atoms with van der Waals surface area (Å²) in [6.07, 6.45) is 0. The molecule has 0 spiro atoms. The fourth-order valence-corrected chi connectivity index (χ4v) is 0.771. The Hall–Kier alpha value is 0.586. The molecule has 0 amide bonds. The summed E-state index contributed by atoms with van der Waals surface area (Å²) in [5.41, 5.74) is 1.33. The summed E-state index contributed by atoms with van der Waals surface area (Å²) < 4.78 is 0. The van der Waals surface area contributed by atoms with Crippen LogP contribution in [0.2, 0.25) is 0 Å². The molecule has 0 aliphatic rings. The van der Waals surface area contributed by atoms with E-state index in [2.05, 4.69) is 38.1 Å². The zero-order valence-corrected chi connectivity index (χ0v) is 10.5. The molecular formula is C9H11IMg. The van der Waals surface area contributed by atoms with Crippen LogP contribution in [0.1, 0.15) is 19.4 Å². The minimum absolute atomic E-state index is 0. The van der Waals surface area contributed by atoms with E-state index >= 15 is 0 Å². The van der Waals surface area contributed by atoms with E-state index in [0.29, 0.717) is 0 Å². The van der Waals surface area contributed by atoms with Crippen molar-refractivity contribution in [2.45, 2.75) is 13.8 Å². The van der Waals surface area contributed by atoms with Gasteiger partial charge >= 0.3 is 23.1 Å². The summed E-state index contributed by atoms with van der Waals surface area (Å²) >= 11 is 0. The van der Waals surface area contributed by atoms with Gasteiger partial charge in [0.1, 0.15) is 0 Å². The fraction of sp³-hybridized carbons (Fsp3) is 0.222. The molecule has 0 nitrogen and oxygen atoms in total. The van der Waals surface area contributed by atoms with Crippen molar-refractivity contribution in [2.24, 2.45) is 0 Å². The van der Waals surface area contributed by atoms with E-state index in [1.807, 2.05) is 6.07 Å². The van der Waals surface area contributed by atoms with Crippen LogP contribution in [0.4, 0.5) is 0 Å². The van der Waals surface area contributed by atoms with Gasteiger partial charge in [0, 0.05) is 0 Å². The summed E-state index contributed by atoms with van der Waals surface area (Å²) in [6.45, 7) is 4.24. The van der Waals surface area contributed by atoms with Gasteiger partial charge in [-0.3, -0.25) is 0 Å². The summed E-state index contributed by atoms with van der Waals surface area (Å²) in [7, 11) is 0. The molecule has 0 heterocycles. The smallest absolute Gasteiger partial charge is 1.00 e. The van der Waals surface area contributed by atoms with Crippen molar-refractivity contribution < 1.29 is 24.0 Å². The van der Waals surface area contributed by atoms with Gasteiger partial charge in [0.15, 0.2) is 0 Å². The number of rotatable bonds is 1. The molecule has 0 saturated carbocycles. The molecule has 0 radical (unpaired) electrons. The van der Waals surface area contributed by atoms with E-state index in [4.69, 9.17) is 0 Å². The molecule has 1 aromatic carbocycles. The first-order valence-electron chi connectivity index (χ1n) is 3.16. The van der Waals surface area contributed by atoms with Crippen LogP contribution in [0.5, 0.6) is 0 Å². The molecule has 0 aliphatic heterocycles. The largest absolute Gasteiger partial charge is 2.00 e. The van der Waals surface area contributed by atoms with Crippen LogP contribution in [-0.4, -0.2) is 23.1 Å². The fourth-order valence-electron chi connectivity index (χ4n) is 0.771. The van der Waals surface area contributed by atoms with Gasteiger partial charge in [-0.25, -0.2) is 0 Å². The first-order valence-corrected chi connectivity index (χ1v) is 3.16. The Kier molecular flexibility index (Phi) is 9.31. The first kappa shape index (κ1) is 14.1. The second kappa shape index (κ2) is 7.25. The summed E-state index contributed by atoms with van der Waals surface area (Å²) in [4.78, 5) is 0. The average Bonchev–Trinajstić information content (AvgIpc) is 1.90. The minimum atomic E-state index is 0. The van der Waals surface area contributed by atoms with Crippen molar-refractivity contribution in [1.82, 2.24) is 0 Å². The molecule has 1 rings (SSSR count). The molecule has 56 valence electrons. The van der Waals surface area contributed by atoms with Crippen LogP contribution in [0.15, 0.2) is 30.3 Å². The van der Waals surface area contributed by atoms with Crippen LogP contribution >= 0.6 is 0 Å². The second-order valence-electron chi connectivity index (χ2n) is 2.37. The topological polar surface area (TPSA) is 0 Å². The molecule has 2 heteroatoms. The summed E-state index contributed by atoms with van der Waals surface area (Å²) in [5, 5.41) is 0. The van der Waals surface area contributed by atoms with E-state index in [-0.39, 0.29) is 47.0 Å². The average molecular weight is 270 g/mol. The first-order chi connectivity index (χ1) is 4.30. The molecule has 0 saturated heterocycles. The Bertz CT molecular complexity index is 172. The van der Waals surface area contributed by atoms with Gasteiger partial charge in [0.05, 0.1) is 0 Å². The number of benzene rings is 1. The maximum Gasteiger partial charge on any atom is 2.00 e. The molecular weight excluding hydrogens is 259 g/mol. The normalized spacial score (nSPS) is 7.45. The van der Waals surface area contributed by atoms with E-state index in [9.17, 15) is 0 Å². The molecule has 0 aromatic heterocycles. The van der Waals surface area contributed by atoms with Crippen molar-refractivity contribution in [2.75, 3.05) is 0 Å². The van der Waals surface area contributed by atoms with Crippen LogP contribution in [0, 0.1) is 5.92 Å². The van der Waals surface area contributed by atoms with Gasteiger partial charge in [0.2, 0.25) is 0 Å². The summed E-state index contributed by atoms with van der Waals surface area (Å²) in [5.74, 6) is 1.37. The SMILES string of the molecule is C[C-](C)c1ccccc1.[I-].[Mg+2]. The molecule has 1 aromatic rings. The summed E-state index contributed by atoms with van der Waals surface area (Å²) in [6, 6.07) is 10.4.